The average Bonchev–Trinajstić information content (AvgIpc) is 2.49. The maximum absolute atomic E-state index is 11.8. The first-order valence-electron chi connectivity index (χ1n) is 7.67. The largest absolute Gasteiger partial charge is 0.481 e. The third kappa shape index (κ3) is 5.57. The molecule has 10 nitrogen and oxygen atoms in total. The van der Waals surface area contributed by atoms with E-state index in [1.165, 1.54) is 6.08 Å². The molecular weight excluding hydrogens is 352 g/mol. The number of hydrogen-bond donors (Lipinski definition) is 2. The van der Waals surface area contributed by atoms with Crippen molar-refractivity contribution in [2.24, 2.45) is 23.7 Å². The van der Waals surface area contributed by atoms with Gasteiger partial charge in [-0.1, -0.05) is 0 Å². The second-order valence-corrected chi connectivity index (χ2v) is 5.77. The predicted octanol–water partition coefficient (Wildman–Crippen LogP) is 0.207. The summed E-state index contributed by atoms with van der Waals surface area (Å²) in [7, 11) is 0. The van der Waals surface area contributed by atoms with Gasteiger partial charge >= 0.3 is 29.8 Å². The highest BCUT2D eigenvalue weighted by atomic mass is 16.6. The van der Waals surface area contributed by atoms with E-state index in [9.17, 15) is 34.2 Å². The lowest BCUT2D eigenvalue weighted by Crippen LogP contribution is -2.46. The van der Waals surface area contributed by atoms with Crippen LogP contribution >= 0.6 is 0 Å². The normalized spacial score (nSPS) is 24.8. The Morgan fingerprint density at radius 2 is 1.35 bits per heavy atom. The number of aliphatic carboxylic acids is 2. The van der Waals surface area contributed by atoms with Crippen molar-refractivity contribution in [3.05, 3.63) is 11.8 Å². The van der Waals surface area contributed by atoms with Gasteiger partial charge in [-0.3, -0.25) is 24.0 Å². The molecule has 0 unspecified atom stereocenters. The Hall–Kier alpha value is -2.91. The Kier molecular flexibility index (Phi) is 7.29. The summed E-state index contributed by atoms with van der Waals surface area (Å²) in [6, 6.07) is 0. The van der Waals surface area contributed by atoms with E-state index >= 15 is 0 Å². The van der Waals surface area contributed by atoms with Crippen molar-refractivity contribution in [3.8, 4) is 0 Å². The predicted molar refractivity (Wildman–Crippen MR) is 82.3 cm³/mol. The van der Waals surface area contributed by atoms with Gasteiger partial charge in [-0.15, -0.1) is 0 Å². The van der Waals surface area contributed by atoms with E-state index in [2.05, 4.69) is 0 Å². The molecule has 0 saturated carbocycles. The summed E-state index contributed by atoms with van der Waals surface area (Å²) >= 11 is 0. The lowest BCUT2D eigenvalue weighted by molar-refractivity contribution is -0.165. The first-order chi connectivity index (χ1) is 12.0. The molecule has 0 aliphatic heterocycles. The molecule has 0 aromatic rings. The third-order valence-corrected chi connectivity index (χ3v) is 3.80. The van der Waals surface area contributed by atoms with E-state index in [0.29, 0.717) is 0 Å². The SMILES string of the molecule is CC(=O)OC[C@@H]1C=C(OC(C)=O)[C@H](COC(C)=O)[C@H](C(=O)O)[C@@H]1C(=O)O. The Bertz CT molecular complexity index is 635. The van der Waals surface area contributed by atoms with Crippen LogP contribution in [0.2, 0.25) is 0 Å². The lowest BCUT2D eigenvalue weighted by atomic mass is 9.69. The summed E-state index contributed by atoms with van der Waals surface area (Å²) in [6.45, 7) is 2.43. The fraction of sp³-hybridized carbons (Fsp3) is 0.562. The number of ether oxygens (including phenoxy) is 3. The lowest BCUT2D eigenvalue weighted by Gasteiger charge is -2.36. The minimum atomic E-state index is -1.56. The maximum atomic E-state index is 11.8. The van der Waals surface area contributed by atoms with E-state index in [0.717, 1.165) is 20.8 Å². The monoisotopic (exact) mass is 372 g/mol. The van der Waals surface area contributed by atoms with Gasteiger partial charge in [0.2, 0.25) is 0 Å². The van der Waals surface area contributed by atoms with Crippen molar-refractivity contribution in [1.29, 1.82) is 0 Å². The first-order valence-corrected chi connectivity index (χ1v) is 7.67. The number of hydrogen-bond acceptors (Lipinski definition) is 8. The van der Waals surface area contributed by atoms with Gasteiger partial charge in [-0.25, -0.2) is 0 Å². The molecule has 1 aliphatic carbocycles. The van der Waals surface area contributed by atoms with Crippen LogP contribution in [0.25, 0.3) is 0 Å². The summed E-state index contributed by atoms with van der Waals surface area (Å²) in [5, 5.41) is 19.1. The fourth-order valence-corrected chi connectivity index (χ4v) is 2.83. The second-order valence-electron chi connectivity index (χ2n) is 5.77. The zero-order chi connectivity index (χ0) is 20.0. The fourth-order valence-electron chi connectivity index (χ4n) is 2.83. The van der Waals surface area contributed by atoms with Crippen LogP contribution in [0.3, 0.4) is 0 Å². The Morgan fingerprint density at radius 3 is 1.77 bits per heavy atom. The molecule has 0 aromatic heterocycles. The van der Waals surface area contributed by atoms with Crippen molar-refractivity contribution in [2.45, 2.75) is 20.8 Å². The van der Waals surface area contributed by atoms with Crippen molar-refractivity contribution >= 4 is 29.8 Å². The molecule has 1 rings (SSSR count). The standard InChI is InChI=1S/C16H20O10/c1-7(17)24-5-10-4-12(26-9(3)19)11(6-25-8(2)18)14(16(22)23)13(10)15(20)21/h4,10-11,13-14H,5-6H2,1-3H3,(H,20,21)(H,22,23)/t10-,11-,13+,14-/m0/s1. The number of esters is 3. The van der Waals surface area contributed by atoms with Crippen LogP contribution in [-0.2, 0) is 38.2 Å². The number of rotatable bonds is 7. The van der Waals surface area contributed by atoms with Gasteiger partial charge < -0.3 is 24.4 Å². The van der Waals surface area contributed by atoms with E-state index in [-0.39, 0.29) is 5.76 Å². The molecule has 26 heavy (non-hydrogen) atoms. The molecule has 0 spiro atoms. The molecule has 10 heteroatoms. The molecule has 0 saturated heterocycles. The van der Waals surface area contributed by atoms with Crippen LogP contribution in [0.4, 0.5) is 0 Å². The molecule has 0 amide bonds. The van der Waals surface area contributed by atoms with Crippen molar-refractivity contribution in [3.63, 3.8) is 0 Å². The quantitative estimate of drug-likeness (QED) is 0.468. The van der Waals surface area contributed by atoms with Gasteiger partial charge in [-0.05, 0) is 6.08 Å². The Morgan fingerprint density at radius 1 is 0.846 bits per heavy atom. The topological polar surface area (TPSA) is 154 Å². The Labute approximate surface area is 148 Å². The summed E-state index contributed by atoms with van der Waals surface area (Å²) in [5.74, 6) is -10.4. The molecule has 0 radical (unpaired) electrons. The van der Waals surface area contributed by atoms with E-state index < -0.39 is 66.7 Å². The summed E-state index contributed by atoms with van der Waals surface area (Å²) < 4.78 is 14.6. The first kappa shape index (κ1) is 21.1. The maximum Gasteiger partial charge on any atom is 0.308 e. The van der Waals surface area contributed by atoms with Crippen LogP contribution in [0.5, 0.6) is 0 Å². The molecule has 0 fully saturated rings. The molecule has 1 aliphatic rings. The van der Waals surface area contributed by atoms with Gasteiger partial charge in [0.05, 0.1) is 24.4 Å². The van der Waals surface area contributed by atoms with Crippen molar-refractivity contribution in [1.82, 2.24) is 0 Å². The molecule has 144 valence electrons. The van der Waals surface area contributed by atoms with Gasteiger partial charge in [0.15, 0.2) is 0 Å². The summed E-state index contributed by atoms with van der Waals surface area (Å²) in [5.41, 5.74) is 0. The minimum Gasteiger partial charge on any atom is -0.481 e. The van der Waals surface area contributed by atoms with Crippen LogP contribution in [0.15, 0.2) is 11.8 Å². The number of carbonyl (C=O) groups is 5. The van der Waals surface area contributed by atoms with Gasteiger partial charge in [0.1, 0.15) is 12.4 Å². The van der Waals surface area contributed by atoms with Crippen LogP contribution in [0, 0.1) is 23.7 Å². The average molecular weight is 372 g/mol. The molecule has 2 N–H and O–H groups in total. The van der Waals surface area contributed by atoms with Crippen LogP contribution < -0.4 is 0 Å². The Balaban J connectivity index is 3.37. The summed E-state index contributed by atoms with van der Waals surface area (Å²) in [6.07, 6.45) is 1.23. The van der Waals surface area contributed by atoms with Gasteiger partial charge in [0.25, 0.3) is 0 Å². The third-order valence-electron chi connectivity index (χ3n) is 3.80. The minimum absolute atomic E-state index is 0.138. The summed E-state index contributed by atoms with van der Waals surface area (Å²) in [4.78, 5) is 56.9. The highest BCUT2D eigenvalue weighted by Gasteiger charge is 2.50. The van der Waals surface area contributed by atoms with Crippen molar-refractivity contribution < 1.29 is 48.4 Å². The van der Waals surface area contributed by atoms with Crippen molar-refractivity contribution in [2.75, 3.05) is 13.2 Å². The van der Waals surface area contributed by atoms with Crippen LogP contribution in [0.1, 0.15) is 20.8 Å². The molecule has 0 bridgehead atoms. The number of carboxylic acids is 2. The second kappa shape index (κ2) is 8.97. The van der Waals surface area contributed by atoms with Gasteiger partial charge in [-0.2, -0.15) is 0 Å². The van der Waals surface area contributed by atoms with E-state index in [4.69, 9.17) is 14.2 Å². The zero-order valence-corrected chi connectivity index (χ0v) is 14.5. The molecular formula is C16H20O10. The molecule has 0 aromatic carbocycles. The highest BCUT2D eigenvalue weighted by Crippen LogP contribution is 2.40. The van der Waals surface area contributed by atoms with E-state index in [1.54, 1.807) is 0 Å². The smallest absolute Gasteiger partial charge is 0.308 e. The van der Waals surface area contributed by atoms with E-state index in [1.807, 2.05) is 0 Å². The molecule has 0 heterocycles. The molecule has 4 atom stereocenters. The number of carboxylic acid groups (broad SMARTS) is 2. The van der Waals surface area contributed by atoms with Gasteiger partial charge in [0, 0.05) is 26.7 Å². The van der Waals surface area contributed by atoms with Crippen LogP contribution in [-0.4, -0.2) is 53.3 Å². The zero-order valence-electron chi connectivity index (χ0n) is 14.5. The highest BCUT2D eigenvalue weighted by molar-refractivity contribution is 5.82. The number of carbonyl (C=O) groups excluding carboxylic acids is 3.